The van der Waals surface area contributed by atoms with Gasteiger partial charge >= 0.3 is 0 Å². The number of rotatable bonds is 12. The van der Waals surface area contributed by atoms with Gasteiger partial charge in [0.2, 0.25) is 0 Å². The van der Waals surface area contributed by atoms with Crippen molar-refractivity contribution in [3.63, 3.8) is 0 Å². The van der Waals surface area contributed by atoms with E-state index in [2.05, 4.69) is 20.9 Å². The van der Waals surface area contributed by atoms with Crippen molar-refractivity contribution in [3.05, 3.63) is 99.2 Å². The van der Waals surface area contributed by atoms with Gasteiger partial charge in [0, 0.05) is 105 Å². The molecule has 0 bridgehead atoms. The molecular weight excluding hydrogens is 725 g/mol. The SMILES string of the molecule is CC(=O)CCC(C(C)=O)N1Cc2cc3c(cc2C1=O)CN(CCN1CCN(c2cc(F)c(C4c5[nH]c6ccccc6c5C[C@@H](C)N4CC(F)F)c(F)c2)CC1)C3. The smallest absolute Gasteiger partial charge is 0.255 e. The molecule has 56 heavy (non-hydrogen) atoms. The van der Waals surface area contributed by atoms with Crippen molar-refractivity contribution in [3.8, 4) is 0 Å². The van der Waals surface area contributed by atoms with Crippen LogP contribution in [0.4, 0.5) is 23.2 Å². The molecule has 9 nitrogen and oxygen atoms in total. The molecule has 3 aromatic carbocycles. The average molecular weight is 773 g/mol. The predicted molar refractivity (Wildman–Crippen MR) is 206 cm³/mol. The van der Waals surface area contributed by atoms with Crippen LogP contribution in [0.3, 0.4) is 0 Å². The van der Waals surface area contributed by atoms with Crippen LogP contribution in [-0.4, -0.2) is 106 Å². The van der Waals surface area contributed by atoms with Crippen molar-refractivity contribution >= 4 is 34.1 Å². The molecule has 3 atom stereocenters. The third-order valence-electron chi connectivity index (χ3n) is 12.3. The van der Waals surface area contributed by atoms with Crippen molar-refractivity contribution in [1.29, 1.82) is 0 Å². The normalized spacial score (nSPS) is 20.9. The van der Waals surface area contributed by atoms with Crippen LogP contribution in [0.25, 0.3) is 10.9 Å². The first-order chi connectivity index (χ1) is 26.9. The monoisotopic (exact) mass is 772 g/mol. The van der Waals surface area contributed by atoms with E-state index in [1.807, 2.05) is 42.2 Å². The minimum Gasteiger partial charge on any atom is -0.369 e. The van der Waals surface area contributed by atoms with Gasteiger partial charge in [-0.15, -0.1) is 0 Å². The van der Waals surface area contributed by atoms with E-state index in [0.717, 1.165) is 53.8 Å². The molecule has 13 heteroatoms. The molecule has 1 saturated heterocycles. The largest absolute Gasteiger partial charge is 0.369 e. The van der Waals surface area contributed by atoms with Gasteiger partial charge < -0.3 is 19.6 Å². The number of H-pyrrole nitrogens is 1. The number of anilines is 1. The molecule has 1 aromatic heterocycles. The molecule has 296 valence electrons. The summed E-state index contributed by atoms with van der Waals surface area (Å²) in [4.78, 5) is 50.5. The first-order valence-electron chi connectivity index (χ1n) is 19.6. The molecule has 4 aromatic rings. The van der Waals surface area contributed by atoms with Gasteiger partial charge in [0.1, 0.15) is 17.4 Å². The maximum Gasteiger partial charge on any atom is 0.255 e. The second-order valence-corrected chi connectivity index (χ2v) is 16.0. The number of hydrogen-bond acceptors (Lipinski definition) is 7. The lowest BCUT2D eigenvalue weighted by Gasteiger charge is -2.41. The van der Waals surface area contributed by atoms with E-state index in [0.29, 0.717) is 62.5 Å². The Bertz CT molecular complexity index is 2160. The van der Waals surface area contributed by atoms with Crippen molar-refractivity contribution in [1.82, 2.24) is 24.6 Å². The van der Waals surface area contributed by atoms with Crippen LogP contribution in [0.5, 0.6) is 0 Å². The van der Waals surface area contributed by atoms with Crippen molar-refractivity contribution in [2.24, 2.45) is 0 Å². The van der Waals surface area contributed by atoms with E-state index < -0.39 is 36.7 Å². The molecule has 8 rings (SSSR count). The maximum absolute atomic E-state index is 16.2. The van der Waals surface area contributed by atoms with Crippen LogP contribution in [0, 0.1) is 11.6 Å². The highest BCUT2D eigenvalue weighted by atomic mass is 19.3. The predicted octanol–water partition coefficient (Wildman–Crippen LogP) is 6.47. The van der Waals surface area contributed by atoms with Gasteiger partial charge in [-0.05, 0) is 80.1 Å². The first-order valence-corrected chi connectivity index (χ1v) is 19.6. The van der Waals surface area contributed by atoms with Gasteiger partial charge in [-0.25, -0.2) is 17.6 Å². The lowest BCUT2D eigenvalue weighted by Crippen LogP contribution is -2.48. The fraction of sp³-hybridized carbons (Fsp3) is 0.465. The molecule has 1 amide bonds. The van der Waals surface area contributed by atoms with Gasteiger partial charge in [0.25, 0.3) is 12.3 Å². The Morgan fingerprint density at radius 2 is 1.55 bits per heavy atom. The van der Waals surface area contributed by atoms with E-state index in [-0.39, 0.29) is 35.5 Å². The number of ketones is 2. The summed E-state index contributed by atoms with van der Waals surface area (Å²) in [6.07, 6.45) is -1.57. The van der Waals surface area contributed by atoms with E-state index in [4.69, 9.17) is 0 Å². The summed E-state index contributed by atoms with van der Waals surface area (Å²) in [6.45, 7) is 10.3. The lowest BCUT2D eigenvalue weighted by atomic mass is 9.88. The number of aromatic amines is 1. The molecule has 0 spiro atoms. The Morgan fingerprint density at radius 1 is 0.875 bits per heavy atom. The summed E-state index contributed by atoms with van der Waals surface area (Å²) in [5, 5.41) is 0.941. The third-order valence-corrected chi connectivity index (χ3v) is 12.3. The number of halogens is 4. The number of aromatic nitrogens is 1. The lowest BCUT2D eigenvalue weighted by molar-refractivity contribution is -0.122. The summed E-state index contributed by atoms with van der Waals surface area (Å²) < 4.78 is 60.2. The van der Waals surface area contributed by atoms with E-state index >= 15 is 8.78 Å². The zero-order valence-corrected chi connectivity index (χ0v) is 32.1. The van der Waals surface area contributed by atoms with E-state index in [1.54, 1.807) is 4.90 Å². The number of para-hydroxylation sites is 1. The van der Waals surface area contributed by atoms with Crippen molar-refractivity contribution < 1.29 is 31.9 Å². The first kappa shape index (κ1) is 38.3. The van der Waals surface area contributed by atoms with Gasteiger partial charge in [-0.3, -0.25) is 24.3 Å². The van der Waals surface area contributed by atoms with Gasteiger partial charge in [-0.2, -0.15) is 0 Å². The van der Waals surface area contributed by atoms with E-state index in [1.165, 1.54) is 36.4 Å². The number of nitrogens with zero attached hydrogens (tertiary/aromatic N) is 5. The fourth-order valence-corrected chi connectivity index (χ4v) is 9.43. The van der Waals surface area contributed by atoms with Gasteiger partial charge in [-0.1, -0.05) is 24.3 Å². The zero-order chi connectivity index (χ0) is 39.4. The Labute approximate surface area is 324 Å². The number of benzene rings is 3. The molecule has 0 saturated carbocycles. The highest BCUT2D eigenvalue weighted by Gasteiger charge is 2.40. The summed E-state index contributed by atoms with van der Waals surface area (Å²) >= 11 is 0. The molecule has 0 aliphatic carbocycles. The molecule has 4 aliphatic rings. The standard InChI is InChI=1S/C43H48F4N6O3/c1-25-16-34-32-6-4-5-7-37(32)48-41(34)42(52(25)24-39(46)47)40-35(44)19-31(20-36(40)45)51-14-12-49(13-15-51)10-11-50-21-28-17-30-23-53(38(27(3)55)9-8-26(2)54)43(56)33(30)18-29(28)22-50/h4-7,17-20,25,38-39,42,48H,8-16,21-24H2,1-3H3/t25-,38?,42?/m1/s1. The Kier molecular flexibility index (Phi) is 10.5. The number of piperazine rings is 1. The number of Topliss-reactive ketones (excluding diaryl/α,β-unsaturated/α-hetero) is 2. The number of fused-ring (bicyclic) bond motifs is 5. The number of alkyl halides is 2. The van der Waals surface area contributed by atoms with Crippen molar-refractivity contribution in [2.75, 3.05) is 50.7 Å². The Balaban J connectivity index is 0.894. The molecule has 1 fully saturated rings. The van der Waals surface area contributed by atoms with Crippen LogP contribution in [0.2, 0.25) is 0 Å². The highest BCUT2D eigenvalue weighted by molar-refractivity contribution is 6.01. The quantitative estimate of drug-likeness (QED) is 0.166. The molecule has 0 radical (unpaired) electrons. The minimum absolute atomic E-state index is 0.00316. The van der Waals surface area contributed by atoms with Crippen LogP contribution >= 0.6 is 0 Å². The number of nitrogens with one attached hydrogen (secondary N) is 1. The molecular formula is C43H48F4N6O3. The summed E-state index contributed by atoms with van der Waals surface area (Å²) in [5.74, 6) is -1.76. The summed E-state index contributed by atoms with van der Waals surface area (Å²) in [5.41, 5.74) is 6.36. The Hall–Kier alpha value is -4.59. The minimum atomic E-state index is -2.66. The average Bonchev–Trinajstić information content (AvgIpc) is 3.83. The van der Waals surface area contributed by atoms with Crippen molar-refractivity contribution in [2.45, 2.75) is 84.2 Å². The number of carbonyl (C=O) groups excluding carboxylic acids is 3. The third kappa shape index (κ3) is 7.25. The number of hydrogen-bond donors (Lipinski definition) is 1. The number of amides is 1. The van der Waals surface area contributed by atoms with Crippen LogP contribution < -0.4 is 4.90 Å². The molecule has 1 N–H and O–H groups in total. The van der Waals surface area contributed by atoms with Gasteiger partial charge in [0.05, 0.1) is 18.6 Å². The molecule has 5 heterocycles. The van der Waals surface area contributed by atoms with Crippen LogP contribution in [-0.2, 0) is 35.6 Å². The second-order valence-electron chi connectivity index (χ2n) is 16.0. The van der Waals surface area contributed by atoms with Crippen LogP contribution in [0.1, 0.15) is 83.5 Å². The molecule has 4 aliphatic heterocycles. The summed E-state index contributed by atoms with van der Waals surface area (Å²) in [7, 11) is 0. The zero-order valence-electron chi connectivity index (χ0n) is 32.1. The van der Waals surface area contributed by atoms with Crippen LogP contribution in [0.15, 0.2) is 48.5 Å². The van der Waals surface area contributed by atoms with E-state index in [9.17, 15) is 23.2 Å². The summed E-state index contributed by atoms with van der Waals surface area (Å²) in [6, 6.07) is 12.4. The molecule has 2 unspecified atom stereocenters. The topological polar surface area (TPSA) is 83.2 Å². The highest BCUT2D eigenvalue weighted by Crippen LogP contribution is 2.43. The maximum atomic E-state index is 16.2. The fourth-order valence-electron chi connectivity index (χ4n) is 9.43. The number of carbonyl (C=O) groups is 3. The second kappa shape index (κ2) is 15.4. The van der Waals surface area contributed by atoms with Gasteiger partial charge in [0.15, 0.2) is 5.78 Å². The Morgan fingerprint density at radius 3 is 2.23 bits per heavy atom.